The standard InChI is InChI=1S/C18H16BrNO/c1-18(21,11-13-5-7-15(19)8-6-13)17-4-2-3-14-12-20-10-9-16(14)17/h2-10,12,21H,11H2,1H3. The van der Waals surface area contributed by atoms with Crippen LogP contribution in [0.15, 0.2) is 65.4 Å². The highest BCUT2D eigenvalue weighted by molar-refractivity contribution is 9.10. The molecule has 21 heavy (non-hydrogen) atoms. The third-order valence-corrected chi connectivity index (χ3v) is 4.25. The van der Waals surface area contributed by atoms with E-state index in [1.165, 1.54) is 0 Å². The molecule has 0 saturated heterocycles. The third-order valence-electron chi connectivity index (χ3n) is 3.72. The number of hydrogen-bond donors (Lipinski definition) is 1. The van der Waals surface area contributed by atoms with Gasteiger partial charge in [0.05, 0.1) is 5.60 Å². The highest BCUT2D eigenvalue weighted by Gasteiger charge is 2.25. The highest BCUT2D eigenvalue weighted by atomic mass is 79.9. The minimum absolute atomic E-state index is 0.571. The van der Waals surface area contributed by atoms with Crippen molar-refractivity contribution in [3.05, 3.63) is 76.5 Å². The Hall–Kier alpha value is -1.71. The molecule has 0 spiro atoms. The maximum atomic E-state index is 11.0. The molecule has 1 unspecified atom stereocenters. The van der Waals surface area contributed by atoms with Gasteiger partial charge >= 0.3 is 0 Å². The third kappa shape index (κ3) is 2.99. The molecule has 3 heteroatoms. The zero-order valence-corrected chi connectivity index (χ0v) is 13.3. The van der Waals surface area contributed by atoms with Crippen LogP contribution in [0.3, 0.4) is 0 Å². The highest BCUT2D eigenvalue weighted by Crippen LogP contribution is 2.31. The van der Waals surface area contributed by atoms with Gasteiger partial charge in [-0.2, -0.15) is 0 Å². The lowest BCUT2D eigenvalue weighted by Gasteiger charge is -2.25. The summed E-state index contributed by atoms with van der Waals surface area (Å²) in [6.07, 6.45) is 4.16. The number of nitrogens with zero attached hydrogens (tertiary/aromatic N) is 1. The van der Waals surface area contributed by atoms with E-state index in [0.29, 0.717) is 6.42 Å². The van der Waals surface area contributed by atoms with E-state index in [-0.39, 0.29) is 0 Å². The topological polar surface area (TPSA) is 33.1 Å². The van der Waals surface area contributed by atoms with Gasteiger partial charge in [-0.1, -0.05) is 46.3 Å². The molecule has 3 aromatic rings. The van der Waals surface area contributed by atoms with Gasteiger partial charge < -0.3 is 5.11 Å². The number of pyridine rings is 1. The molecule has 0 saturated carbocycles. The summed E-state index contributed by atoms with van der Waals surface area (Å²) in [5.74, 6) is 0. The monoisotopic (exact) mass is 341 g/mol. The molecular weight excluding hydrogens is 326 g/mol. The van der Waals surface area contributed by atoms with Gasteiger partial charge in [0.15, 0.2) is 0 Å². The summed E-state index contributed by atoms with van der Waals surface area (Å²) in [5.41, 5.74) is 1.12. The maximum absolute atomic E-state index is 11.0. The molecular formula is C18H16BrNO. The van der Waals surface area contributed by atoms with Gasteiger partial charge in [0, 0.05) is 28.7 Å². The van der Waals surface area contributed by atoms with Crippen LogP contribution in [0, 0.1) is 0 Å². The fraction of sp³-hybridized carbons (Fsp3) is 0.167. The van der Waals surface area contributed by atoms with Crippen LogP contribution in [0.5, 0.6) is 0 Å². The summed E-state index contributed by atoms with van der Waals surface area (Å²) in [5, 5.41) is 13.1. The van der Waals surface area contributed by atoms with Crippen LogP contribution in [0.2, 0.25) is 0 Å². The summed E-state index contributed by atoms with van der Waals surface area (Å²) in [6.45, 7) is 1.87. The van der Waals surface area contributed by atoms with E-state index >= 15 is 0 Å². The average Bonchev–Trinajstić information content (AvgIpc) is 2.49. The maximum Gasteiger partial charge on any atom is 0.0914 e. The first kappa shape index (κ1) is 14.2. The number of benzene rings is 2. The molecule has 0 bridgehead atoms. The zero-order chi connectivity index (χ0) is 14.9. The zero-order valence-electron chi connectivity index (χ0n) is 11.8. The second kappa shape index (κ2) is 5.58. The molecule has 2 aromatic carbocycles. The fourth-order valence-corrected chi connectivity index (χ4v) is 2.95. The van der Waals surface area contributed by atoms with E-state index in [2.05, 4.69) is 20.9 Å². The molecule has 1 heterocycles. The van der Waals surface area contributed by atoms with Gasteiger partial charge in [-0.15, -0.1) is 0 Å². The quantitative estimate of drug-likeness (QED) is 0.763. The van der Waals surface area contributed by atoms with E-state index in [1.807, 2.05) is 61.7 Å². The van der Waals surface area contributed by atoms with Crippen LogP contribution in [-0.4, -0.2) is 10.1 Å². The van der Waals surface area contributed by atoms with Gasteiger partial charge in [0.2, 0.25) is 0 Å². The number of aliphatic hydroxyl groups is 1. The summed E-state index contributed by atoms with van der Waals surface area (Å²) in [7, 11) is 0. The van der Waals surface area contributed by atoms with Crippen molar-refractivity contribution in [2.45, 2.75) is 18.9 Å². The van der Waals surface area contributed by atoms with E-state index < -0.39 is 5.60 Å². The number of fused-ring (bicyclic) bond motifs is 1. The van der Waals surface area contributed by atoms with Crippen molar-refractivity contribution in [3.63, 3.8) is 0 Å². The van der Waals surface area contributed by atoms with Crippen LogP contribution >= 0.6 is 15.9 Å². The van der Waals surface area contributed by atoms with E-state index in [1.54, 1.807) is 6.20 Å². The van der Waals surface area contributed by atoms with Crippen molar-refractivity contribution in [3.8, 4) is 0 Å². The van der Waals surface area contributed by atoms with Crippen LogP contribution in [0.4, 0.5) is 0 Å². The normalized spacial score (nSPS) is 14.0. The van der Waals surface area contributed by atoms with Gasteiger partial charge in [0.1, 0.15) is 0 Å². The van der Waals surface area contributed by atoms with Crippen molar-refractivity contribution in [1.29, 1.82) is 0 Å². The SMILES string of the molecule is CC(O)(Cc1ccc(Br)cc1)c1cccc2cnccc12. The molecule has 0 aliphatic heterocycles. The van der Waals surface area contributed by atoms with E-state index in [0.717, 1.165) is 26.4 Å². The predicted molar refractivity (Wildman–Crippen MR) is 89.2 cm³/mol. The van der Waals surface area contributed by atoms with Crippen molar-refractivity contribution in [2.75, 3.05) is 0 Å². The van der Waals surface area contributed by atoms with Crippen molar-refractivity contribution in [2.24, 2.45) is 0 Å². The first-order chi connectivity index (χ1) is 10.1. The molecule has 0 aliphatic rings. The lowest BCUT2D eigenvalue weighted by atomic mass is 9.86. The molecule has 106 valence electrons. The Morgan fingerprint density at radius 1 is 1.10 bits per heavy atom. The average molecular weight is 342 g/mol. The second-order valence-electron chi connectivity index (χ2n) is 5.48. The second-order valence-corrected chi connectivity index (χ2v) is 6.40. The molecule has 1 N–H and O–H groups in total. The van der Waals surface area contributed by atoms with Gasteiger partial charge in [-0.3, -0.25) is 4.98 Å². The van der Waals surface area contributed by atoms with Crippen LogP contribution < -0.4 is 0 Å². The molecule has 3 rings (SSSR count). The molecule has 0 fully saturated rings. The van der Waals surface area contributed by atoms with Gasteiger partial charge in [-0.25, -0.2) is 0 Å². The number of hydrogen-bond acceptors (Lipinski definition) is 2. The molecule has 1 atom stereocenters. The minimum atomic E-state index is -0.922. The minimum Gasteiger partial charge on any atom is -0.385 e. The molecule has 0 aliphatic carbocycles. The smallest absolute Gasteiger partial charge is 0.0914 e. The number of halogens is 1. The lowest BCUT2D eigenvalue weighted by Crippen LogP contribution is -2.24. The summed E-state index contributed by atoms with van der Waals surface area (Å²) in [4.78, 5) is 4.14. The van der Waals surface area contributed by atoms with Crippen LogP contribution in [0.1, 0.15) is 18.1 Å². The Morgan fingerprint density at radius 2 is 1.86 bits per heavy atom. The summed E-state index contributed by atoms with van der Waals surface area (Å²) in [6, 6.07) is 16.0. The molecule has 1 aromatic heterocycles. The lowest BCUT2D eigenvalue weighted by molar-refractivity contribution is 0.0592. The summed E-state index contributed by atoms with van der Waals surface area (Å²) >= 11 is 3.43. The first-order valence-corrected chi connectivity index (χ1v) is 7.66. The first-order valence-electron chi connectivity index (χ1n) is 6.86. The van der Waals surface area contributed by atoms with Crippen molar-refractivity contribution >= 4 is 26.7 Å². The van der Waals surface area contributed by atoms with E-state index in [4.69, 9.17) is 0 Å². The van der Waals surface area contributed by atoms with Crippen LogP contribution in [-0.2, 0) is 12.0 Å². The Labute approximate surface area is 132 Å². The Bertz CT molecular complexity index is 760. The fourth-order valence-electron chi connectivity index (χ4n) is 2.69. The van der Waals surface area contributed by atoms with E-state index in [9.17, 15) is 5.11 Å². The van der Waals surface area contributed by atoms with Crippen LogP contribution in [0.25, 0.3) is 10.8 Å². The summed E-state index contributed by atoms with van der Waals surface area (Å²) < 4.78 is 1.04. The number of aromatic nitrogens is 1. The molecule has 0 amide bonds. The van der Waals surface area contributed by atoms with Gasteiger partial charge in [-0.05, 0) is 41.6 Å². The Morgan fingerprint density at radius 3 is 2.62 bits per heavy atom. The largest absolute Gasteiger partial charge is 0.385 e. The Kier molecular flexibility index (Phi) is 3.79. The van der Waals surface area contributed by atoms with Crippen molar-refractivity contribution < 1.29 is 5.11 Å². The Balaban J connectivity index is 2.01. The predicted octanol–water partition coefficient (Wildman–Crippen LogP) is 4.45. The van der Waals surface area contributed by atoms with Gasteiger partial charge in [0.25, 0.3) is 0 Å². The van der Waals surface area contributed by atoms with Crippen molar-refractivity contribution in [1.82, 2.24) is 4.98 Å². The number of rotatable bonds is 3. The molecule has 2 nitrogen and oxygen atoms in total. The molecule has 0 radical (unpaired) electrons.